The van der Waals surface area contributed by atoms with Gasteiger partial charge in [0.1, 0.15) is 5.75 Å². The largest absolute Gasteiger partial charge is 0.507 e. The summed E-state index contributed by atoms with van der Waals surface area (Å²) in [5.41, 5.74) is 7.40. The number of carbonyl (C=O) groups is 1. The molecule has 0 aliphatic heterocycles. The first-order chi connectivity index (χ1) is 14.6. The van der Waals surface area contributed by atoms with Gasteiger partial charge in [-0.25, -0.2) is 0 Å². The average molecular weight is 410 g/mol. The molecule has 0 bridgehead atoms. The molecule has 0 aliphatic carbocycles. The minimum absolute atomic E-state index is 0.0180. The predicted octanol–water partition coefficient (Wildman–Crippen LogP) is 7.61. The summed E-state index contributed by atoms with van der Waals surface area (Å²) in [7, 11) is 0. The van der Waals surface area contributed by atoms with Crippen LogP contribution < -0.4 is 5.73 Å². The van der Waals surface area contributed by atoms with Gasteiger partial charge in [-0.2, -0.15) is 0 Å². The van der Waals surface area contributed by atoms with Crippen molar-refractivity contribution in [3.05, 3.63) is 71.9 Å². The molecule has 30 heavy (non-hydrogen) atoms. The number of unbranched alkanes of at least 4 members (excludes halogenated alkanes) is 4. The number of Topliss-reactive ketones (excluding diaryl/α,β-unsaturated/α-hetero) is 1. The summed E-state index contributed by atoms with van der Waals surface area (Å²) < 4.78 is 0. The number of phenols is 1. The first kappa shape index (κ1) is 25.5. The fourth-order valence-electron chi connectivity index (χ4n) is 3.13. The summed E-state index contributed by atoms with van der Waals surface area (Å²) in [4.78, 5) is 12.3. The van der Waals surface area contributed by atoms with Crippen LogP contribution in [0.5, 0.6) is 5.75 Å². The quantitative estimate of drug-likeness (QED) is 0.103. The fourth-order valence-corrected chi connectivity index (χ4v) is 3.13. The molecule has 0 unspecified atom stereocenters. The van der Waals surface area contributed by atoms with Gasteiger partial charge >= 0.3 is 0 Å². The summed E-state index contributed by atoms with van der Waals surface area (Å²) in [6.45, 7) is 4.01. The Morgan fingerprint density at radius 1 is 0.867 bits per heavy atom. The van der Waals surface area contributed by atoms with E-state index in [1.54, 1.807) is 13.0 Å². The number of hydrogen-bond acceptors (Lipinski definition) is 3. The van der Waals surface area contributed by atoms with Crippen LogP contribution in [-0.4, -0.2) is 10.9 Å². The smallest absolute Gasteiger partial charge is 0.166 e. The van der Waals surface area contributed by atoms with Crippen molar-refractivity contribution in [1.82, 2.24) is 0 Å². The van der Waals surface area contributed by atoms with Gasteiger partial charge in [0, 0.05) is 12.1 Å². The van der Waals surface area contributed by atoms with Gasteiger partial charge in [-0.15, -0.1) is 0 Å². The Kier molecular flexibility index (Phi) is 13.8. The van der Waals surface area contributed by atoms with Gasteiger partial charge in [-0.3, -0.25) is 4.79 Å². The number of anilines is 1. The number of hydrogen-bond donors (Lipinski definition) is 2. The zero-order valence-electron chi connectivity index (χ0n) is 18.8. The van der Waals surface area contributed by atoms with E-state index in [9.17, 15) is 9.90 Å². The van der Waals surface area contributed by atoms with Crippen LogP contribution in [0.4, 0.5) is 5.69 Å². The minimum Gasteiger partial charge on any atom is -0.507 e. The number of benzene rings is 1. The number of nitrogens with two attached hydrogens (primary N) is 1. The van der Waals surface area contributed by atoms with Gasteiger partial charge in [0.2, 0.25) is 0 Å². The van der Waals surface area contributed by atoms with Crippen molar-refractivity contribution in [2.45, 2.75) is 78.1 Å². The number of aromatic hydroxyl groups is 1. The van der Waals surface area contributed by atoms with E-state index in [1.165, 1.54) is 31.7 Å². The van der Waals surface area contributed by atoms with Gasteiger partial charge in [0.25, 0.3) is 0 Å². The highest BCUT2D eigenvalue weighted by Crippen LogP contribution is 2.27. The molecule has 1 aromatic rings. The molecule has 1 rings (SSSR count). The van der Waals surface area contributed by atoms with Crippen molar-refractivity contribution in [1.29, 1.82) is 0 Å². The maximum Gasteiger partial charge on any atom is 0.166 e. The van der Waals surface area contributed by atoms with E-state index in [-0.39, 0.29) is 11.5 Å². The van der Waals surface area contributed by atoms with E-state index in [0.717, 1.165) is 32.1 Å². The Morgan fingerprint density at radius 3 is 1.97 bits per heavy atom. The number of ketones is 1. The Hall–Kier alpha value is -2.55. The van der Waals surface area contributed by atoms with E-state index in [1.807, 2.05) is 0 Å². The topological polar surface area (TPSA) is 63.3 Å². The molecule has 0 spiro atoms. The summed E-state index contributed by atoms with van der Waals surface area (Å²) >= 11 is 0. The van der Waals surface area contributed by atoms with E-state index in [4.69, 9.17) is 5.73 Å². The van der Waals surface area contributed by atoms with E-state index in [0.29, 0.717) is 23.2 Å². The van der Waals surface area contributed by atoms with Crippen LogP contribution in [0.25, 0.3) is 0 Å². The predicted molar refractivity (Wildman–Crippen MR) is 130 cm³/mol. The highest BCUT2D eigenvalue weighted by Gasteiger charge is 2.15. The molecule has 0 aromatic heterocycles. The molecule has 0 fully saturated rings. The maximum atomic E-state index is 12.3. The van der Waals surface area contributed by atoms with Crippen LogP contribution in [0, 0.1) is 6.92 Å². The molecule has 0 radical (unpaired) electrons. The summed E-state index contributed by atoms with van der Waals surface area (Å²) in [6.07, 6.45) is 27.6. The van der Waals surface area contributed by atoms with Gasteiger partial charge < -0.3 is 10.8 Å². The first-order valence-electron chi connectivity index (χ1n) is 11.3. The molecule has 0 saturated carbocycles. The molecular weight excluding hydrogens is 370 g/mol. The van der Waals surface area contributed by atoms with E-state index in [2.05, 4.69) is 55.5 Å². The molecule has 0 aliphatic rings. The van der Waals surface area contributed by atoms with Gasteiger partial charge in [-0.1, -0.05) is 68.4 Å². The Morgan fingerprint density at radius 2 is 1.40 bits per heavy atom. The number of phenolic OH excluding ortho intramolecular Hbond substituents is 1. The first-order valence-corrected chi connectivity index (χ1v) is 11.3. The molecule has 0 amide bonds. The van der Waals surface area contributed by atoms with Crippen LogP contribution in [-0.2, 0) is 0 Å². The van der Waals surface area contributed by atoms with Crippen LogP contribution in [0.2, 0.25) is 0 Å². The normalized spacial score (nSPS) is 12.2. The lowest BCUT2D eigenvalue weighted by Gasteiger charge is -2.09. The van der Waals surface area contributed by atoms with Crippen molar-refractivity contribution in [3.8, 4) is 5.75 Å². The van der Waals surface area contributed by atoms with E-state index >= 15 is 0 Å². The van der Waals surface area contributed by atoms with Crippen LogP contribution >= 0.6 is 0 Å². The summed E-state index contributed by atoms with van der Waals surface area (Å²) in [5, 5.41) is 9.92. The zero-order chi connectivity index (χ0) is 22.0. The Bertz CT molecular complexity index is 741. The fraction of sp³-hybridized carbons (Fsp3) is 0.444. The molecule has 0 heterocycles. The van der Waals surface area contributed by atoms with Crippen molar-refractivity contribution in [3.63, 3.8) is 0 Å². The molecule has 3 N–H and O–H groups in total. The molecular formula is C27H39NO2. The highest BCUT2D eigenvalue weighted by atomic mass is 16.3. The Labute approximate surface area is 183 Å². The molecule has 3 nitrogen and oxygen atoms in total. The average Bonchev–Trinajstić information content (AvgIpc) is 2.73. The third-order valence-electron chi connectivity index (χ3n) is 5.00. The summed E-state index contributed by atoms with van der Waals surface area (Å²) in [5.74, 6) is -0.0300. The molecule has 1 aromatic carbocycles. The third kappa shape index (κ3) is 10.8. The Balaban J connectivity index is 2.12. The van der Waals surface area contributed by atoms with Crippen molar-refractivity contribution >= 4 is 11.5 Å². The second-order valence-corrected chi connectivity index (χ2v) is 7.58. The highest BCUT2D eigenvalue weighted by molar-refractivity contribution is 6.01. The zero-order valence-corrected chi connectivity index (χ0v) is 18.8. The lowest BCUT2D eigenvalue weighted by molar-refractivity contribution is 0.0977. The molecule has 3 heteroatoms. The van der Waals surface area contributed by atoms with Crippen LogP contribution in [0.1, 0.15) is 87.1 Å². The number of rotatable bonds is 15. The molecule has 0 atom stereocenters. The second kappa shape index (κ2) is 16.3. The van der Waals surface area contributed by atoms with Crippen LogP contribution in [0.3, 0.4) is 0 Å². The summed E-state index contributed by atoms with van der Waals surface area (Å²) in [6, 6.07) is 3.11. The molecule has 0 saturated heterocycles. The second-order valence-electron chi connectivity index (χ2n) is 7.58. The maximum absolute atomic E-state index is 12.3. The number of nitrogen functional groups attached to an aromatic ring is 1. The van der Waals surface area contributed by atoms with Crippen LogP contribution in [0.15, 0.2) is 60.7 Å². The minimum atomic E-state index is -0.0480. The number of carbonyl (C=O) groups excluding carboxylic acids is 1. The molecule has 164 valence electrons. The SMILES string of the molecule is CCCCCC=CCC=CCC=CCC=CCCCC(=O)c1c(O)ccc(N)c1C. The van der Waals surface area contributed by atoms with Gasteiger partial charge in [0.15, 0.2) is 5.78 Å². The van der Waals surface area contributed by atoms with Crippen molar-refractivity contribution < 1.29 is 9.90 Å². The lowest BCUT2D eigenvalue weighted by Crippen LogP contribution is -2.04. The standard InChI is InChI=1S/C27H39NO2/c1-3-4-5-6-7-8-9-10-11-12-13-14-15-16-17-18-19-20-25(29)27-23(2)24(28)21-22-26(27)30/h7-8,10-11,13-14,16-17,21-22,30H,3-6,9,12,15,18-20,28H2,1-2H3. The third-order valence-corrected chi connectivity index (χ3v) is 5.00. The monoisotopic (exact) mass is 409 g/mol. The lowest BCUT2D eigenvalue weighted by atomic mass is 9.98. The van der Waals surface area contributed by atoms with Crippen molar-refractivity contribution in [2.75, 3.05) is 5.73 Å². The van der Waals surface area contributed by atoms with Gasteiger partial charge in [-0.05, 0) is 69.6 Å². The number of allylic oxidation sites excluding steroid dienone is 8. The van der Waals surface area contributed by atoms with Gasteiger partial charge in [0.05, 0.1) is 5.56 Å². The van der Waals surface area contributed by atoms with E-state index < -0.39 is 0 Å². The van der Waals surface area contributed by atoms with Crippen molar-refractivity contribution in [2.24, 2.45) is 0 Å².